The number of halogens is 1. The fourth-order valence-electron chi connectivity index (χ4n) is 1.46. The third kappa shape index (κ3) is 3.33. The Balaban J connectivity index is 2.19. The second-order valence-corrected chi connectivity index (χ2v) is 4.62. The van der Waals surface area contributed by atoms with Crippen LogP contribution >= 0.6 is 11.6 Å². The van der Waals surface area contributed by atoms with E-state index in [2.05, 4.69) is 20.9 Å². The van der Waals surface area contributed by atoms with Crippen molar-refractivity contribution in [2.75, 3.05) is 10.7 Å². The summed E-state index contributed by atoms with van der Waals surface area (Å²) >= 11 is 5.69. The second kappa shape index (κ2) is 6.16. The van der Waals surface area contributed by atoms with Gasteiger partial charge in [0.25, 0.3) is 5.91 Å². The summed E-state index contributed by atoms with van der Waals surface area (Å²) in [5.41, 5.74) is 3.25. The second-order valence-electron chi connectivity index (χ2n) is 3.96. The zero-order valence-corrected chi connectivity index (χ0v) is 11.3. The van der Waals surface area contributed by atoms with Crippen LogP contribution in [-0.2, 0) is 4.79 Å². The minimum absolute atomic E-state index is 0.312. The van der Waals surface area contributed by atoms with Crippen molar-refractivity contribution in [1.29, 1.82) is 0 Å². The van der Waals surface area contributed by atoms with Gasteiger partial charge in [-0.15, -0.1) is 21.8 Å². The predicted molar refractivity (Wildman–Crippen MR) is 74.1 cm³/mol. The highest BCUT2D eigenvalue weighted by Gasteiger charge is 2.15. The van der Waals surface area contributed by atoms with Crippen molar-refractivity contribution in [3.63, 3.8) is 0 Å². The lowest BCUT2D eigenvalue weighted by atomic mass is 10.1. The minimum atomic E-state index is -0.691. The van der Waals surface area contributed by atoms with Gasteiger partial charge in [-0.3, -0.25) is 15.0 Å². The van der Waals surface area contributed by atoms with Crippen molar-refractivity contribution >= 4 is 29.1 Å². The van der Waals surface area contributed by atoms with E-state index < -0.39 is 11.3 Å². The highest BCUT2D eigenvalue weighted by Crippen LogP contribution is 2.16. The molecule has 0 aliphatic carbocycles. The minimum Gasteiger partial charge on any atom is -0.324 e. The number of hydrogen-bond donors (Lipinski definition) is 2. The van der Waals surface area contributed by atoms with Crippen LogP contribution in [0, 0.1) is 0 Å². The Bertz CT molecular complexity index is 612. The molecule has 1 atom stereocenters. The molecule has 0 aliphatic heterocycles. The molecule has 0 aliphatic rings. The third-order valence-electron chi connectivity index (χ3n) is 2.44. The van der Waals surface area contributed by atoms with E-state index >= 15 is 0 Å². The Morgan fingerprint density at radius 1 is 1.25 bits per heavy atom. The van der Waals surface area contributed by atoms with Gasteiger partial charge in [-0.05, 0) is 19.1 Å². The summed E-state index contributed by atoms with van der Waals surface area (Å²) in [4.78, 5) is 23.7. The normalized spacial score (nSPS) is 11.7. The van der Waals surface area contributed by atoms with E-state index in [1.807, 2.05) is 0 Å². The highest BCUT2D eigenvalue weighted by atomic mass is 35.5. The fraction of sp³-hybridized carbons (Fsp3) is 0.167. The zero-order valence-electron chi connectivity index (χ0n) is 10.6. The van der Waals surface area contributed by atoms with Crippen LogP contribution < -0.4 is 10.7 Å². The van der Waals surface area contributed by atoms with Crippen molar-refractivity contribution in [1.82, 2.24) is 14.9 Å². The average Bonchev–Trinajstić information content (AvgIpc) is 2.92. The molecule has 2 aromatic rings. The summed E-state index contributed by atoms with van der Waals surface area (Å²) in [7, 11) is 0. The molecule has 8 heteroatoms. The Labute approximate surface area is 119 Å². The summed E-state index contributed by atoms with van der Waals surface area (Å²) in [6.07, 6.45) is 2.69. The average molecular weight is 294 g/mol. The van der Waals surface area contributed by atoms with E-state index in [4.69, 9.17) is 11.6 Å². The van der Waals surface area contributed by atoms with Gasteiger partial charge >= 0.3 is 0 Å². The first-order valence-electron chi connectivity index (χ1n) is 5.78. The number of aromatic nitrogens is 3. The summed E-state index contributed by atoms with van der Waals surface area (Å²) in [5.74, 6) is -0.779. The molecule has 0 radical (unpaired) electrons. The van der Waals surface area contributed by atoms with Gasteiger partial charge in [0.05, 0.1) is 11.3 Å². The molecule has 104 valence electrons. The molecule has 1 heterocycles. The molecule has 2 rings (SSSR count). The maximum atomic E-state index is 12.1. The quantitative estimate of drug-likeness (QED) is 0.830. The molecular formula is C12H12ClN5O2. The van der Waals surface area contributed by atoms with Crippen molar-refractivity contribution < 1.29 is 9.59 Å². The number of hydrogen-bond acceptors (Lipinski definition) is 4. The first-order chi connectivity index (χ1) is 9.58. The molecule has 1 aromatic carbocycles. The van der Waals surface area contributed by atoms with Crippen LogP contribution in [-0.4, -0.2) is 32.1 Å². The van der Waals surface area contributed by atoms with Crippen molar-refractivity contribution in [3.05, 3.63) is 42.5 Å². The van der Waals surface area contributed by atoms with Gasteiger partial charge in [-0.2, -0.15) is 0 Å². The van der Waals surface area contributed by atoms with E-state index in [0.717, 1.165) is 0 Å². The van der Waals surface area contributed by atoms with Crippen molar-refractivity contribution in [2.45, 2.75) is 12.3 Å². The van der Waals surface area contributed by atoms with Crippen LogP contribution in [0.15, 0.2) is 36.9 Å². The molecule has 2 amide bonds. The number of anilines is 1. The monoisotopic (exact) mass is 293 g/mol. The van der Waals surface area contributed by atoms with Gasteiger partial charge < -0.3 is 5.32 Å². The maximum absolute atomic E-state index is 12.1. The number of carbonyl (C=O) groups is 2. The zero-order chi connectivity index (χ0) is 14.5. The molecule has 0 bridgehead atoms. The van der Waals surface area contributed by atoms with E-state index in [1.54, 1.807) is 31.2 Å². The number of carbonyl (C=O) groups excluding carboxylic acids is 2. The topological polar surface area (TPSA) is 88.9 Å². The molecule has 20 heavy (non-hydrogen) atoms. The molecule has 0 saturated heterocycles. The number of nitrogens with zero attached hydrogens (tertiary/aromatic N) is 3. The molecule has 0 spiro atoms. The number of rotatable bonds is 4. The molecule has 7 nitrogen and oxygen atoms in total. The van der Waals surface area contributed by atoms with Crippen LogP contribution in [0.2, 0.25) is 0 Å². The summed E-state index contributed by atoms with van der Waals surface area (Å²) < 4.78 is 1.31. The molecule has 1 unspecified atom stereocenters. The fourth-order valence-corrected chi connectivity index (χ4v) is 1.51. The van der Waals surface area contributed by atoms with Crippen LogP contribution in [0.1, 0.15) is 17.3 Å². The van der Waals surface area contributed by atoms with E-state index in [1.165, 1.54) is 17.3 Å². The van der Waals surface area contributed by atoms with Crippen LogP contribution in [0.5, 0.6) is 0 Å². The first kappa shape index (κ1) is 14.0. The molecule has 1 aromatic heterocycles. The number of benzene rings is 1. The third-order valence-corrected chi connectivity index (χ3v) is 2.64. The largest absolute Gasteiger partial charge is 0.324 e. The Kier molecular flexibility index (Phi) is 4.31. The standard InChI is InChI=1S/C12H12ClN5O2/c1-8(13)11(19)16-10-5-3-2-4-9(10)12(20)17-18-6-14-15-7-18/h2-8H,1H3,(H,16,19)(H,17,20). The van der Waals surface area contributed by atoms with Crippen LogP contribution in [0.4, 0.5) is 5.69 Å². The van der Waals surface area contributed by atoms with Gasteiger partial charge in [-0.25, -0.2) is 4.68 Å². The van der Waals surface area contributed by atoms with Gasteiger partial charge in [0.1, 0.15) is 18.0 Å². The molecule has 2 N–H and O–H groups in total. The lowest BCUT2D eigenvalue weighted by Crippen LogP contribution is -2.25. The number of alkyl halides is 1. The van der Waals surface area contributed by atoms with Gasteiger partial charge in [-0.1, -0.05) is 12.1 Å². The number of nitrogens with one attached hydrogen (secondary N) is 2. The SMILES string of the molecule is CC(Cl)C(=O)Nc1ccccc1C(=O)Nn1cnnc1. The van der Waals surface area contributed by atoms with Gasteiger partial charge in [0.2, 0.25) is 5.91 Å². The summed E-state index contributed by atoms with van der Waals surface area (Å²) in [6.45, 7) is 1.55. The smallest absolute Gasteiger partial charge is 0.272 e. The molecular weight excluding hydrogens is 282 g/mol. The Hall–Kier alpha value is -2.41. The van der Waals surface area contributed by atoms with Crippen molar-refractivity contribution in [2.24, 2.45) is 0 Å². The van der Waals surface area contributed by atoms with Crippen molar-refractivity contribution in [3.8, 4) is 0 Å². The lowest BCUT2D eigenvalue weighted by molar-refractivity contribution is -0.115. The maximum Gasteiger partial charge on any atom is 0.272 e. The number of para-hydroxylation sites is 1. The van der Waals surface area contributed by atoms with E-state index in [9.17, 15) is 9.59 Å². The van der Waals surface area contributed by atoms with Crippen LogP contribution in [0.25, 0.3) is 0 Å². The molecule has 0 fully saturated rings. The van der Waals surface area contributed by atoms with E-state index in [0.29, 0.717) is 11.3 Å². The first-order valence-corrected chi connectivity index (χ1v) is 6.21. The predicted octanol–water partition coefficient (Wildman–Crippen LogP) is 1.23. The summed E-state index contributed by atoms with van der Waals surface area (Å²) in [5, 5.41) is 9.06. The summed E-state index contributed by atoms with van der Waals surface area (Å²) in [6, 6.07) is 6.62. The number of amides is 2. The Morgan fingerprint density at radius 3 is 2.55 bits per heavy atom. The van der Waals surface area contributed by atoms with Gasteiger partial charge in [0, 0.05) is 0 Å². The Morgan fingerprint density at radius 2 is 1.90 bits per heavy atom. The van der Waals surface area contributed by atoms with Crippen LogP contribution in [0.3, 0.4) is 0 Å². The highest BCUT2D eigenvalue weighted by molar-refractivity contribution is 6.32. The van der Waals surface area contributed by atoms with Gasteiger partial charge in [0.15, 0.2) is 0 Å². The lowest BCUT2D eigenvalue weighted by Gasteiger charge is -2.12. The van der Waals surface area contributed by atoms with E-state index in [-0.39, 0.29) is 5.91 Å². The molecule has 0 saturated carbocycles.